The molecule has 0 radical (unpaired) electrons. The van der Waals surface area contributed by atoms with Crippen molar-refractivity contribution in [3.05, 3.63) is 35.2 Å². The van der Waals surface area contributed by atoms with Crippen LogP contribution in [-0.4, -0.2) is 49.0 Å². The van der Waals surface area contributed by atoms with E-state index in [2.05, 4.69) is 16.0 Å². The molecule has 162 valence electrons. The Balaban J connectivity index is 1.29. The fourth-order valence-corrected chi connectivity index (χ4v) is 6.23. The third-order valence-corrected chi connectivity index (χ3v) is 7.68. The molecule has 1 amide bonds. The molecular weight excluding hydrogens is 430 g/mol. The zero-order valence-corrected chi connectivity index (χ0v) is 19.7. The molecule has 5 rings (SSSR count). The summed E-state index contributed by atoms with van der Waals surface area (Å²) in [5.74, 6) is 0.469. The van der Waals surface area contributed by atoms with Crippen LogP contribution < -0.4 is 0 Å². The number of fused-ring (bicyclic) bond motifs is 2. The van der Waals surface area contributed by atoms with Gasteiger partial charge in [-0.1, -0.05) is 0 Å². The van der Waals surface area contributed by atoms with Crippen LogP contribution in [0.3, 0.4) is 0 Å². The highest BCUT2D eigenvalue weighted by molar-refractivity contribution is 7.28. The summed E-state index contributed by atoms with van der Waals surface area (Å²) in [6.45, 7) is 9.16. The number of hydrogen-bond acceptors (Lipinski definition) is 7. The predicted molar refractivity (Wildman–Crippen MR) is 124 cm³/mol. The molecule has 31 heavy (non-hydrogen) atoms. The van der Waals surface area contributed by atoms with Gasteiger partial charge in [-0.15, -0.1) is 22.7 Å². The minimum Gasteiger partial charge on any atom is -0.444 e. The number of carbonyl (C=O) groups is 1. The lowest BCUT2D eigenvalue weighted by molar-refractivity contribution is 0.0205. The van der Waals surface area contributed by atoms with Crippen LogP contribution in [-0.2, 0) is 4.74 Å². The lowest BCUT2D eigenvalue weighted by Crippen LogP contribution is -2.41. The van der Waals surface area contributed by atoms with Crippen LogP contribution in [0.5, 0.6) is 0 Å². The predicted octanol–water partition coefficient (Wildman–Crippen LogP) is 5.49. The van der Waals surface area contributed by atoms with Crippen LogP contribution in [0.15, 0.2) is 24.7 Å². The number of hydrogen-bond donors (Lipinski definition) is 0. The summed E-state index contributed by atoms with van der Waals surface area (Å²) in [6.07, 6.45) is 7.49. The van der Waals surface area contributed by atoms with Gasteiger partial charge in [-0.05, 0) is 52.5 Å². The molecular formula is C22H25N5O2S2. The summed E-state index contributed by atoms with van der Waals surface area (Å²) in [7, 11) is 0. The summed E-state index contributed by atoms with van der Waals surface area (Å²) in [4.78, 5) is 30.4. The first kappa shape index (κ1) is 20.4. The average molecular weight is 456 g/mol. The normalized spacial score (nSPS) is 15.8. The monoisotopic (exact) mass is 455 g/mol. The molecule has 0 atom stereocenters. The van der Waals surface area contributed by atoms with Gasteiger partial charge in [-0.3, -0.25) is 0 Å². The van der Waals surface area contributed by atoms with E-state index in [9.17, 15) is 4.79 Å². The van der Waals surface area contributed by atoms with Crippen molar-refractivity contribution < 1.29 is 9.53 Å². The highest BCUT2D eigenvalue weighted by Gasteiger charge is 2.28. The Morgan fingerprint density at radius 3 is 2.65 bits per heavy atom. The molecule has 0 N–H and O–H groups in total. The van der Waals surface area contributed by atoms with Crippen molar-refractivity contribution in [1.82, 2.24) is 24.3 Å². The minimum absolute atomic E-state index is 0.207. The molecule has 1 aliphatic heterocycles. The molecule has 1 fully saturated rings. The van der Waals surface area contributed by atoms with E-state index in [1.807, 2.05) is 49.4 Å². The quantitative estimate of drug-likeness (QED) is 0.400. The van der Waals surface area contributed by atoms with Crippen LogP contribution in [0.25, 0.3) is 25.9 Å². The van der Waals surface area contributed by atoms with E-state index in [1.54, 1.807) is 28.9 Å². The molecule has 0 saturated carbocycles. The molecule has 4 aromatic rings. The Bertz CT molecular complexity index is 1230. The molecule has 1 aliphatic rings. The van der Waals surface area contributed by atoms with Gasteiger partial charge in [0.25, 0.3) is 0 Å². The number of carbonyl (C=O) groups excluding carboxylic acids is 1. The highest BCUT2D eigenvalue weighted by Crippen LogP contribution is 2.40. The molecule has 0 aromatic carbocycles. The third-order valence-electron chi connectivity index (χ3n) is 5.34. The molecule has 9 heteroatoms. The fourth-order valence-electron chi connectivity index (χ4n) is 3.87. The van der Waals surface area contributed by atoms with E-state index in [4.69, 9.17) is 9.72 Å². The maximum atomic E-state index is 12.3. The van der Waals surface area contributed by atoms with Gasteiger partial charge in [-0.25, -0.2) is 19.7 Å². The average Bonchev–Trinajstić information content (AvgIpc) is 3.37. The lowest BCUT2D eigenvalue weighted by Gasteiger charge is -2.33. The van der Waals surface area contributed by atoms with Crippen molar-refractivity contribution in [1.29, 1.82) is 0 Å². The van der Waals surface area contributed by atoms with Gasteiger partial charge in [-0.2, -0.15) is 0 Å². The van der Waals surface area contributed by atoms with Gasteiger partial charge < -0.3 is 14.0 Å². The van der Waals surface area contributed by atoms with Crippen LogP contribution >= 0.6 is 22.7 Å². The number of aromatic nitrogens is 4. The van der Waals surface area contributed by atoms with E-state index >= 15 is 0 Å². The van der Waals surface area contributed by atoms with Gasteiger partial charge in [0, 0.05) is 30.4 Å². The van der Waals surface area contributed by atoms with Crippen molar-refractivity contribution in [2.75, 3.05) is 13.1 Å². The first-order chi connectivity index (χ1) is 14.7. The fraction of sp³-hybridized carbons (Fsp3) is 0.455. The SMILES string of the molecule is Cc1cn2cc(-c3nc4sc(C5CCN(C(=O)OC(C)(C)C)CC5)cc4s3)ncc2n1. The second-order valence-electron chi connectivity index (χ2n) is 9.00. The summed E-state index contributed by atoms with van der Waals surface area (Å²) in [5.41, 5.74) is 2.23. The Labute approximate surface area is 188 Å². The van der Waals surface area contributed by atoms with Crippen LogP contribution in [0, 0.1) is 6.92 Å². The standard InChI is InChI=1S/C22H25N5O2S2/c1-13-11-27-12-15(23-10-18(27)24-13)19-25-20-17(31-19)9-16(30-20)14-5-7-26(8-6-14)21(28)29-22(2,3)4/h9-12,14H,5-8H2,1-4H3. The van der Waals surface area contributed by atoms with Gasteiger partial charge in [0.2, 0.25) is 0 Å². The molecule has 5 heterocycles. The maximum Gasteiger partial charge on any atom is 0.410 e. The first-order valence-electron chi connectivity index (χ1n) is 10.4. The van der Waals surface area contributed by atoms with Crippen LogP contribution in [0.2, 0.25) is 0 Å². The molecule has 0 unspecified atom stereocenters. The molecule has 0 aliphatic carbocycles. The number of aryl methyl sites for hydroxylation is 1. The maximum absolute atomic E-state index is 12.3. The Kier molecular flexibility index (Phi) is 4.97. The second-order valence-corrected chi connectivity index (χ2v) is 11.1. The van der Waals surface area contributed by atoms with E-state index in [0.717, 1.165) is 52.8 Å². The largest absolute Gasteiger partial charge is 0.444 e. The topological polar surface area (TPSA) is 72.6 Å². The number of piperidine rings is 1. The van der Waals surface area contributed by atoms with E-state index in [0.29, 0.717) is 5.92 Å². The van der Waals surface area contributed by atoms with Crippen molar-refractivity contribution in [3.8, 4) is 10.7 Å². The van der Waals surface area contributed by atoms with E-state index < -0.39 is 5.60 Å². The molecule has 0 spiro atoms. The number of imidazole rings is 1. The Hall–Kier alpha value is -2.52. The molecule has 7 nitrogen and oxygen atoms in total. The number of ether oxygens (including phenoxy) is 1. The summed E-state index contributed by atoms with van der Waals surface area (Å²) in [6, 6.07) is 2.27. The molecule has 1 saturated heterocycles. The number of thiazole rings is 1. The van der Waals surface area contributed by atoms with Crippen molar-refractivity contribution in [2.24, 2.45) is 0 Å². The summed E-state index contributed by atoms with van der Waals surface area (Å²) >= 11 is 3.45. The summed E-state index contributed by atoms with van der Waals surface area (Å²) in [5, 5.41) is 0.931. The van der Waals surface area contributed by atoms with Gasteiger partial charge >= 0.3 is 6.09 Å². The zero-order chi connectivity index (χ0) is 21.8. The highest BCUT2D eigenvalue weighted by atomic mass is 32.1. The zero-order valence-electron chi connectivity index (χ0n) is 18.1. The van der Waals surface area contributed by atoms with Crippen LogP contribution in [0.4, 0.5) is 4.79 Å². The second kappa shape index (κ2) is 7.56. The van der Waals surface area contributed by atoms with E-state index in [-0.39, 0.29) is 6.09 Å². The number of rotatable bonds is 2. The smallest absolute Gasteiger partial charge is 0.410 e. The first-order valence-corrected chi connectivity index (χ1v) is 12.1. The number of likely N-dealkylation sites (tertiary alicyclic amines) is 1. The number of nitrogens with zero attached hydrogens (tertiary/aromatic N) is 5. The van der Waals surface area contributed by atoms with Gasteiger partial charge in [0.15, 0.2) is 5.65 Å². The van der Waals surface area contributed by atoms with Crippen LogP contribution in [0.1, 0.15) is 50.1 Å². The lowest BCUT2D eigenvalue weighted by atomic mass is 9.95. The van der Waals surface area contributed by atoms with Crippen molar-refractivity contribution in [2.45, 2.75) is 52.1 Å². The van der Waals surface area contributed by atoms with E-state index in [1.165, 1.54) is 9.58 Å². The Morgan fingerprint density at radius 1 is 1.16 bits per heavy atom. The summed E-state index contributed by atoms with van der Waals surface area (Å²) < 4.78 is 8.71. The van der Waals surface area contributed by atoms with Gasteiger partial charge in [0.1, 0.15) is 21.1 Å². The van der Waals surface area contributed by atoms with Crippen molar-refractivity contribution in [3.63, 3.8) is 0 Å². The molecule has 4 aromatic heterocycles. The Morgan fingerprint density at radius 2 is 1.94 bits per heavy atom. The molecule has 0 bridgehead atoms. The minimum atomic E-state index is -0.453. The number of amides is 1. The number of thiophene rings is 1. The third kappa shape index (κ3) is 4.16. The van der Waals surface area contributed by atoms with Crippen molar-refractivity contribution >= 4 is 43.9 Å². The van der Waals surface area contributed by atoms with Gasteiger partial charge in [0.05, 0.1) is 16.6 Å².